The summed E-state index contributed by atoms with van der Waals surface area (Å²) in [5.41, 5.74) is 1.04. The zero-order chi connectivity index (χ0) is 12.9. The van der Waals surface area contributed by atoms with Crippen molar-refractivity contribution in [2.75, 3.05) is 0 Å². The maximum Gasteiger partial charge on any atom is 0.136 e. The van der Waals surface area contributed by atoms with Crippen molar-refractivity contribution >= 4 is 11.4 Å². The minimum atomic E-state index is -1.02. The second-order valence-electron chi connectivity index (χ2n) is 5.13. The normalized spacial score (nSPS) is 15.6. The molecule has 0 aliphatic heterocycles. The predicted octanol–water partition coefficient (Wildman–Crippen LogP) is 2.45. The van der Waals surface area contributed by atoms with Crippen LogP contribution in [0.3, 0.4) is 0 Å². The maximum absolute atomic E-state index is 12.0. The summed E-state index contributed by atoms with van der Waals surface area (Å²) in [6.45, 7) is 8.03. The van der Waals surface area contributed by atoms with Gasteiger partial charge in [-0.05, 0) is 39.3 Å². The molecule has 3 nitrogen and oxygen atoms in total. The number of nitrogens with one attached hydrogen (secondary N) is 1. The SMILES string of the molecule is CCC(Cc1ccccn1)N[S+]([O-])C(C)(C)C. The van der Waals surface area contributed by atoms with Crippen LogP contribution >= 0.6 is 0 Å². The second-order valence-corrected chi connectivity index (χ2v) is 7.13. The molecule has 0 saturated heterocycles. The van der Waals surface area contributed by atoms with Gasteiger partial charge in [0.1, 0.15) is 4.75 Å². The maximum atomic E-state index is 12.0. The number of hydrogen-bond acceptors (Lipinski definition) is 3. The Morgan fingerprint density at radius 2 is 2.12 bits per heavy atom. The first kappa shape index (κ1) is 14.5. The van der Waals surface area contributed by atoms with E-state index in [2.05, 4.69) is 16.6 Å². The van der Waals surface area contributed by atoms with E-state index in [0.717, 1.165) is 18.5 Å². The summed E-state index contributed by atoms with van der Waals surface area (Å²) in [4.78, 5) is 4.30. The van der Waals surface area contributed by atoms with E-state index in [0.29, 0.717) is 0 Å². The number of hydrogen-bond donors (Lipinski definition) is 1. The molecule has 1 aromatic rings. The largest absolute Gasteiger partial charge is 0.598 e. The molecule has 0 amide bonds. The van der Waals surface area contributed by atoms with Crippen LogP contribution in [0.25, 0.3) is 0 Å². The first-order valence-electron chi connectivity index (χ1n) is 6.01. The van der Waals surface area contributed by atoms with Gasteiger partial charge in [0.25, 0.3) is 0 Å². The highest BCUT2D eigenvalue weighted by Crippen LogP contribution is 2.15. The van der Waals surface area contributed by atoms with Gasteiger partial charge in [-0.2, -0.15) is 0 Å². The van der Waals surface area contributed by atoms with Crippen molar-refractivity contribution in [3.05, 3.63) is 30.1 Å². The van der Waals surface area contributed by atoms with Gasteiger partial charge in [-0.1, -0.05) is 13.0 Å². The Kier molecular flexibility index (Phi) is 5.43. The van der Waals surface area contributed by atoms with E-state index >= 15 is 0 Å². The average molecular weight is 254 g/mol. The van der Waals surface area contributed by atoms with Crippen LogP contribution in [-0.2, 0) is 17.8 Å². The molecular formula is C13H22N2OS. The fraction of sp³-hybridized carbons (Fsp3) is 0.615. The molecule has 2 atom stereocenters. The third-order valence-electron chi connectivity index (χ3n) is 2.50. The fourth-order valence-electron chi connectivity index (χ4n) is 1.37. The molecule has 0 spiro atoms. The van der Waals surface area contributed by atoms with Crippen LogP contribution in [0.2, 0.25) is 0 Å². The molecular weight excluding hydrogens is 232 g/mol. The third-order valence-corrected chi connectivity index (χ3v) is 4.16. The van der Waals surface area contributed by atoms with Crippen LogP contribution in [-0.4, -0.2) is 20.3 Å². The smallest absolute Gasteiger partial charge is 0.136 e. The van der Waals surface area contributed by atoms with E-state index in [1.165, 1.54) is 0 Å². The molecule has 0 bridgehead atoms. The van der Waals surface area contributed by atoms with Gasteiger partial charge in [-0.3, -0.25) is 4.98 Å². The molecule has 0 aliphatic carbocycles. The molecule has 17 heavy (non-hydrogen) atoms. The summed E-state index contributed by atoms with van der Waals surface area (Å²) >= 11 is -1.02. The molecule has 96 valence electrons. The predicted molar refractivity (Wildman–Crippen MR) is 73.1 cm³/mol. The van der Waals surface area contributed by atoms with Crippen molar-refractivity contribution in [1.82, 2.24) is 9.71 Å². The highest BCUT2D eigenvalue weighted by atomic mass is 32.2. The lowest BCUT2D eigenvalue weighted by Gasteiger charge is -2.27. The highest BCUT2D eigenvalue weighted by molar-refractivity contribution is 7.90. The first-order chi connectivity index (χ1) is 7.93. The lowest BCUT2D eigenvalue weighted by molar-refractivity contribution is 0.508. The van der Waals surface area contributed by atoms with Crippen LogP contribution in [0, 0.1) is 0 Å². The molecule has 4 heteroatoms. The van der Waals surface area contributed by atoms with Crippen molar-refractivity contribution in [2.45, 2.75) is 51.3 Å². The third kappa shape index (κ3) is 5.06. The van der Waals surface area contributed by atoms with Gasteiger partial charge in [0.05, 0.1) is 6.04 Å². The van der Waals surface area contributed by atoms with Crippen molar-refractivity contribution in [1.29, 1.82) is 0 Å². The quantitative estimate of drug-likeness (QED) is 0.821. The number of aromatic nitrogens is 1. The lowest BCUT2D eigenvalue weighted by Crippen LogP contribution is -2.45. The van der Waals surface area contributed by atoms with Crippen molar-refractivity contribution in [3.63, 3.8) is 0 Å². The molecule has 1 heterocycles. The Morgan fingerprint density at radius 3 is 2.59 bits per heavy atom. The van der Waals surface area contributed by atoms with Gasteiger partial charge in [-0.25, -0.2) is 0 Å². The van der Waals surface area contributed by atoms with Gasteiger partial charge >= 0.3 is 0 Å². The number of pyridine rings is 1. The van der Waals surface area contributed by atoms with E-state index in [-0.39, 0.29) is 10.8 Å². The van der Waals surface area contributed by atoms with Gasteiger partial charge in [-0.15, -0.1) is 4.72 Å². The lowest BCUT2D eigenvalue weighted by atomic mass is 10.1. The Hall–Kier alpha value is -0.580. The monoisotopic (exact) mass is 254 g/mol. The van der Waals surface area contributed by atoms with E-state index in [1.54, 1.807) is 6.20 Å². The van der Waals surface area contributed by atoms with E-state index < -0.39 is 11.4 Å². The molecule has 1 rings (SSSR count). The van der Waals surface area contributed by atoms with Crippen molar-refractivity contribution in [3.8, 4) is 0 Å². The van der Waals surface area contributed by atoms with E-state index in [4.69, 9.17) is 0 Å². The summed E-state index contributed by atoms with van der Waals surface area (Å²) in [5.74, 6) is 0. The van der Waals surface area contributed by atoms with Crippen LogP contribution in [0.1, 0.15) is 39.8 Å². The van der Waals surface area contributed by atoms with Crippen LogP contribution in [0.15, 0.2) is 24.4 Å². The zero-order valence-corrected chi connectivity index (χ0v) is 11.9. The summed E-state index contributed by atoms with van der Waals surface area (Å²) in [7, 11) is 0. The Bertz CT molecular complexity index is 324. The van der Waals surface area contributed by atoms with Gasteiger partial charge in [0.15, 0.2) is 0 Å². The van der Waals surface area contributed by atoms with Gasteiger partial charge in [0, 0.05) is 29.7 Å². The second kappa shape index (κ2) is 6.38. The molecule has 0 radical (unpaired) electrons. The molecule has 2 unspecified atom stereocenters. The number of rotatable bonds is 5. The van der Waals surface area contributed by atoms with Crippen molar-refractivity contribution < 1.29 is 4.55 Å². The molecule has 1 aromatic heterocycles. The molecule has 0 aliphatic rings. The minimum absolute atomic E-state index is 0.213. The highest BCUT2D eigenvalue weighted by Gasteiger charge is 2.28. The summed E-state index contributed by atoms with van der Waals surface area (Å²) < 4.78 is 15.0. The van der Waals surface area contributed by atoms with E-state index in [9.17, 15) is 4.55 Å². The summed E-state index contributed by atoms with van der Waals surface area (Å²) in [6.07, 6.45) is 3.56. The van der Waals surface area contributed by atoms with Crippen LogP contribution < -0.4 is 4.72 Å². The van der Waals surface area contributed by atoms with Crippen molar-refractivity contribution in [2.24, 2.45) is 0 Å². The zero-order valence-electron chi connectivity index (χ0n) is 11.1. The Balaban J connectivity index is 2.55. The molecule has 0 fully saturated rings. The summed E-state index contributed by atoms with van der Waals surface area (Å²) in [5, 5.41) is 0. The molecule has 0 aromatic carbocycles. The standard InChI is InChI=1S/C13H22N2OS/c1-5-11(15-17(16)13(2,3)4)10-12-8-6-7-9-14-12/h6-9,11,15H,5,10H2,1-4H3. The Labute approximate surface area is 107 Å². The minimum Gasteiger partial charge on any atom is -0.598 e. The van der Waals surface area contributed by atoms with Crippen LogP contribution in [0.5, 0.6) is 0 Å². The average Bonchev–Trinajstić information content (AvgIpc) is 2.28. The van der Waals surface area contributed by atoms with Gasteiger partial charge in [0.2, 0.25) is 0 Å². The molecule has 0 saturated carbocycles. The number of nitrogens with zero attached hydrogens (tertiary/aromatic N) is 1. The van der Waals surface area contributed by atoms with E-state index in [1.807, 2.05) is 39.0 Å². The first-order valence-corrected chi connectivity index (χ1v) is 7.16. The Morgan fingerprint density at radius 1 is 1.41 bits per heavy atom. The topological polar surface area (TPSA) is 48.0 Å². The summed E-state index contributed by atoms with van der Waals surface area (Å²) in [6, 6.07) is 6.11. The fourth-order valence-corrected chi connectivity index (χ4v) is 2.28. The molecule has 1 N–H and O–H groups in total. The van der Waals surface area contributed by atoms with Crippen LogP contribution in [0.4, 0.5) is 0 Å². The van der Waals surface area contributed by atoms with Gasteiger partial charge < -0.3 is 4.55 Å².